The Kier molecular flexibility index (Phi) is 3.95. The summed E-state index contributed by atoms with van der Waals surface area (Å²) in [5.41, 5.74) is 1.83. The van der Waals surface area contributed by atoms with Gasteiger partial charge >= 0.3 is 0 Å². The minimum absolute atomic E-state index is 0.0309. The Morgan fingerprint density at radius 3 is 1.83 bits per heavy atom. The Hall–Kier alpha value is -2.31. The Bertz CT molecular complexity index is 538. The van der Waals surface area contributed by atoms with Crippen LogP contribution in [0.15, 0.2) is 48.5 Å². The number of benzene rings is 2. The van der Waals surface area contributed by atoms with E-state index in [9.17, 15) is 0 Å². The third-order valence-electron chi connectivity index (χ3n) is 2.55. The summed E-state index contributed by atoms with van der Waals surface area (Å²) in [5, 5.41) is 17.5. The molecule has 0 fully saturated rings. The molecule has 0 atom stereocenters. The van der Waals surface area contributed by atoms with E-state index in [-0.39, 0.29) is 6.61 Å². The van der Waals surface area contributed by atoms with Gasteiger partial charge in [-0.3, -0.25) is 0 Å². The van der Waals surface area contributed by atoms with Crippen molar-refractivity contribution in [2.24, 2.45) is 0 Å². The van der Waals surface area contributed by atoms with Crippen LogP contribution in [0.4, 0.5) is 0 Å². The van der Waals surface area contributed by atoms with Crippen LogP contribution in [0.2, 0.25) is 0 Å². The Morgan fingerprint density at radius 2 is 1.39 bits per heavy atom. The predicted octanol–water partition coefficient (Wildman–Crippen LogP) is 3.04. The summed E-state index contributed by atoms with van der Waals surface area (Å²) in [4.78, 5) is 0. The van der Waals surface area contributed by atoms with Crippen LogP contribution < -0.4 is 4.74 Å². The van der Waals surface area contributed by atoms with Crippen molar-refractivity contribution in [2.45, 2.75) is 13.0 Å². The van der Waals surface area contributed by atoms with Gasteiger partial charge in [0, 0.05) is 0 Å². The number of nitrogens with zero attached hydrogens (tertiary/aromatic N) is 1. The summed E-state index contributed by atoms with van der Waals surface area (Å²) in [5.74, 6) is 1.45. The first-order chi connectivity index (χ1) is 8.81. The molecule has 0 radical (unpaired) electrons. The molecule has 0 saturated heterocycles. The second-order valence-electron chi connectivity index (χ2n) is 3.88. The van der Waals surface area contributed by atoms with Gasteiger partial charge in [0.05, 0.1) is 19.1 Å². The van der Waals surface area contributed by atoms with Crippen LogP contribution in [-0.4, -0.2) is 5.11 Å². The molecule has 0 spiro atoms. The quantitative estimate of drug-likeness (QED) is 0.892. The highest BCUT2D eigenvalue weighted by molar-refractivity contribution is 5.34. The zero-order valence-corrected chi connectivity index (χ0v) is 9.84. The second-order valence-corrected chi connectivity index (χ2v) is 3.88. The fourth-order valence-corrected chi connectivity index (χ4v) is 1.57. The van der Waals surface area contributed by atoms with Gasteiger partial charge in [0.2, 0.25) is 0 Å². The largest absolute Gasteiger partial charge is 0.457 e. The lowest BCUT2D eigenvalue weighted by Gasteiger charge is -2.06. The normalized spacial score (nSPS) is 9.78. The van der Waals surface area contributed by atoms with E-state index in [1.54, 1.807) is 0 Å². The Morgan fingerprint density at radius 1 is 0.889 bits per heavy atom. The molecule has 0 aliphatic heterocycles. The molecule has 2 aromatic rings. The summed E-state index contributed by atoms with van der Waals surface area (Å²) in [6.45, 7) is 0.0309. The molecule has 0 aliphatic carbocycles. The molecule has 0 unspecified atom stereocenters. The van der Waals surface area contributed by atoms with Crippen molar-refractivity contribution < 1.29 is 9.84 Å². The van der Waals surface area contributed by atoms with E-state index in [2.05, 4.69) is 6.07 Å². The number of rotatable bonds is 4. The van der Waals surface area contributed by atoms with Gasteiger partial charge in [-0.05, 0) is 35.4 Å². The van der Waals surface area contributed by atoms with E-state index in [1.807, 2.05) is 48.5 Å². The number of hydrogen-bond acceptors (Lipinski definition) is 3. The second kappa shape index (κ2) is 5.85. The minimum Gasteiger partial charge on any atom is -0.457 e. The molecule has 0 aliphatic rings. The van der Waals surface area contributed by atoms with Crippen LogP contribution in [0.25, 0.3) is 0 Å². The van der Waals surface area contributed by atoms with E-state index in [1.165, 1.54) is 0 Å². The highest BCUT2D eigenvalue weighted by atomic mass is 16.5. The smallest absolute Gasteiger partial charge is 0.127 e. The minimum atomic E-state index is 0.0309. The molecule has 18 heavy (non-hydrogen) atoms. The first kappa shape index (κ1) is 12.2. The van der Waals surface area contributed by atoms with Crippen molar-refractivity contribution in [3.05, 3.63) is 59.7 Å². The van der Waals surface area contributed by atoms with Crippen LogP contribution in [0.5, 0.6) is 11.5 Å². The molecule has 0 bridgehead atoms. The maximum absolute atomic E-state index is 8.93. The van der Waals surface area contributed by atoms with Crippen molar-refractivity contribution in [1.29, 1.82) is 5.26 Å². The van der Waals surface area contributed by atoms with Crippen molar-refractivity contribution in [2.75, 3.05) is 0 Å². The maximum atomic E-state index is 8.93. The third-order valence-corrected chi connectivity index (χ3v) is 2.55. The summed E-state index contributed by atoms with van der Waals surface area (Å²) in [7, 11) is 0. The zero-order chi connectivity index (χ0) is 12.8. The number of nitriles is 1. The van der Waals surface area contributed by atoms with Crippen LogP contribution in [0.3, 0.4) is 0 Å². The van der Waals surface area contributed by atoms with E-state index < -0.39 is 0 Å². The van der Waals surface area contributed by atoms with Crippen LogP contribution in [0.1, 0.15) is 11.1 Å². The number of aliphatic hydroxyl groups is 1. The molecule has 90 valence electrons. The van der Waals surface area contributed by atoms with Gasteiger partial charge in [0.1, 0.15) is 11.5 Å². The van der Waals surface area contributed by atoms with Gasteiger partial charge in [-0.15, -0.1) is 0 Å². The maximum Gasteiger partial charge on any atom is 0.127 e. The lowest BCUT2D eigenvalue weighted by Crippen LogP contribution is -1.87. The van der Waals surface area contributed by atoms with E-state index >= 15 is 0 Å². The first-order valence-electron chi connectivity index (χ1n) is 5.65. The molecule has 0 saturated carbocycles. The molecule has 2 rings (SSSR count). The fraction of sp³-hybridized carbons (Fsp3) is 0.133. The highest BCUT2D eigenvalue weighted by Crippen LogP contribution is 2.22. The molecule has 1 N–H and O–H groups in total. The van der Waals surface area contributed by atoms with E-state index in [0.717, 1.165) is 22.6 Å². The first-order valence-corrected chi connectivity index (χ1v) is 5.65. The monoisotopic (exact) mass is 239 g/mol. The summed E-state index contributed by atoms with van der Waals surface area (Å²) < 4.78 is 5.65. The van der Waals surface area contributed by atoms with Crippen LogP contribution in [-0.2, 0) is 13.0 Å². The predicted molar refractivity (Wildman–Crippen MR) is 68.2 cm³/mol. The third kappa shape index (κ3) is 3.09. The van der Waals surface area contributed by atoms with Gasteiger partial charge in [-0.2, -0.15) is 5.26 Å². The fourth-order valence-electron chi connectivity index (χ4n) is 1.57. The van der Waals surface area contributed by atoms with Crippen molar-refractivity contribution in [1.82, 2.24) is 0 Å². The lowest BCUT2D eigenvalue weighted by atomic mass is 10.2. The van der Waals surface area contributed by atoms with Crippen molar-refractivity contribution >= 4 is 0 Å². The average Bonchev–Trinajstić information content (AvgIpc) is 2.42. The Labute approximate surface area is 106 Å². The van der Waals surface area contributed by atoms with Gasteiger partial charge in [-0.25, -0.2) is 0 Å². The van der Waals surface area contributed by atoms with Gasteiger partial charge in [-0.1, -0.05) is 24.3 Å². The standard InChI is InChI=1S/C15H13NO2/c16-10-9-12-1-5-14(6-2-12)18-15-7-3-13(11-17)4-8-15/h1-8,17H,9,11H2. The van der Waals surface area contributed by atoms with E-state index in [4.69, 9.17) is 15.1 Å². The summed E-state index contributed by atoms with van der Waals surface area (Å²) >= 11 is 0. The SMILES string of the molecule is N#CCc1ccc(Oc2ccc(CO)cc2)cc1. The van der Waals surface area contributed by atoms with Crippen LogP contribution >= 0.6 is 0 Å². The van der Waals surface area contributed by atoms with Gasteiger partial charge < -0.3 is 9.84 Å². The topological polar surface area (TPSA) is 53.2 Å². The molecular weight excluding hydrogens is 226 g/mol. The van der Waals surface area contributed by atoms with Crippen molar-refractivity contribution in [3.63, 3.8) is 0 Å². The lowest BCUT2D eigenvalue weighted by molar-refractivity contribution is 0.281. The summed E-state index contributed by atoms with van der Waals surface area (Å²) in [6.07, 6.45) is 0.408. The molecule has 0 aromatic heterocycles. The molecular formula is C15H13NO2. The molecule has 3 nitrogen and oxygen atoms in total. The Balaban J connectivity index is 2.06. The summed E-state index contributed by atoms with van der Waals surface area (Å²) in [6, 6.07) is 16.8. The van der Waals surface area contributed by atoms with E-state index in [0.29, 0.717) is 6.42 Å². The molecule has 2 aromatic carbocycles. The van der Waals surface area contributed by atoms with Crippen LogP contribution in [0, 0.1) is 11.3 Å². The molecule has 0 heterocycles. The highest BCUT2D eigenvalue weighted by Gasteiger charge is 1.98. The zero-order valence-electron chi connectivity index (χ0n) is 9.84. The molecule has 3 heteroatoms. The number of ether oxygens (including phenoxy) is 1. The number of aliphatic hydroxyl groups excluding tert-OH is 1. The average molecular weight is 239 g/mol. The van der Waals surface area contributed by atoms with Gasteiger partial charge in [0.15, 0.2) is 0 Å². The number of hydrogen-bond donors (Lipinski definition) is 1. The molecule has 0 amide bonds. The van der Waals surface area contributed by atoms with Crippen molar-refractivity contribution in [3.8, 4) is 17.6 Å². The van der Waals surface area contributed by atoms with Gasteiger partial charge in [0.25, 0.3) is 0 Å².